The van der Waals surface area contributed by atoms with Crippen LogP contribution >= 0.6 is 7.82 Å². The quantitative estimate of drug-likeness (QED) is 0.0274. The van der Waals surface area contributed by atoms with Crippen molar-refractivity contribution < 1.29 is 28.4 Å². The number of nitrogens with one attached hydrogen (secondary N) is 1. The molecule has 0 aromatic carbocycles. The molecule has 0 fully saturated rings. The maximum Gasteiger partial charge on any atom is 0.472 e. The van der Waals surface area contributed by atoms with E-state index in [1.54, 1.807) is 0 Å². The van der Waals surface area contributed by atoms with Gasteiger partial charge in [-0.05, 0) is 64.2 Å². The van der Waals surface area contributed by atoms with Crippen molar-refractivity contribution in [3.05, 3.63) is 72.9 Å². The van der Waals surface area contributed by atoms with Gasteiger partial charge in [0.25, 0.3) is 0 Å². The van der Waals surface area contributed by atoms with Crippen LogP contribution in [0.1, 0.15) is 194 Å². The van der Waals surface area contributed by atoms with E-state index in [-0.39, 0.29) is 25.7 Å². The van der Waals surface area contributed by atoms with Gasteiger partial charge in [-0.15, -0.1) is 0 Å². The van der Waals surface area contributed by atoms with Crippen molar-refractivity contribution >= 4 is 13.7 Å². The average Bonchev–Trinajstić information content (AvgIpc) is 3.20. The first-order valence-electron chi connectivity index (χ1n) is 23.1. The summed E-state index contributed by atoms with van der Waals surface area (Å²) in [4.78, 5) is 22.8. The lowest BCUT2D eigenvalue weighted by atomic mass is 10.0. The molecule has 0 rings (SSSR count). The monoisotopic (exact) mass is 819 g/mol. The number of hydrogen-bond donors (Lipinski definition) is 4. The third-order valence-corrected chi connectivity index (χ3v) is 10.8. The molecule has 0 aromatic rings. The first kappa shape index (κ1) is 54.9. The van der Waals surface area contributed by atoms with Gasteiger partial charge in [-0.25, -0.2) is 4.57 Å². The number of hydrogen-bond acceptors (Lipinski definition) is 6. The summed E-state index contributed by atoms with van der Waals surface area (Å²) in [5, 5.41) is 13.8. The Balaban J connectivity index is 4.24. The predicted octanol–water partition coefficient (Wildman–Crippen LogP) is 13.2. The van der Waals surface area contributed by atoms with Gasteiger partial charge in [0.2, 0.25) is 5.91 Å². The van der Waals surface area contributed by atoms with Gasteiger partial charge in [-0.3, -0.25) is 13.8 Å². The van der Waals surface area contributed by atoms with Crippen LogP contribution in [-0.2, 0) is 18.4 Å². The second-order valence-electron chi connectivity index (χ2n) is 15.2. The molecule has 0 heterocycles. The highest BCUT2D eigenvalue weighted by atomic mass is 31.2. The smallest absolute Gasteiger partial charge is 0.391 e. The van der Waals surface area contributed by atoms with E-state index in [1.165, 1.54) is 89.9 Å². The normalized spacial score (nSPS) is 14.7. The van der Waals surface area contributed by atoms with Crippen molar-refractivity contribution in [2.75, 3.05) is 19.8 Å². The van der Waals surface area contributed by atoms with Crippen LogP contribution in [0, 0.1) is 0 Å². The molecule has 0 spiro atoms. The lowest BCUT2D eigenvalue weighted by molar-refractivity contribution is -0.123. The largest absolute Gasteiger partial charge is 0.472 e. The molecule has 3 atom stereocenters. The molecular formula is C48H87N2O6P. The number of phosphoric ester groups is 1. The minimum absolute atomic E-state index is 0.0780. The van der Waals surface area contributed by atoms with Gasteiger partial charge in [0.05, 0.1) is 25.4 Å². The van der Waals surface area contributed by atoms with Crippen LogP contribution in [0.25, 0.3) is 0 Å². The fraction of sp³-hybridized carbons (Fsp3) is 0.729. The fourth-order valence-electron chi connectivity index (χ4n) is 6.37. The number of allylic oxidation sites excluding steroid dienone is 12. The average molecular weight is 819 g/mol. The maximum absolute atomic E-state index is 12.8. The zero-order valence-electron chi connectivity index (χ0n) is 36.6. The molecular weight excluding hydrogens is 732 g/mol. The molecule has 0 aliphatic carbocycles. The summed E-state index contributed by atoms with van der Waals surface area (Å²) in [6, 6.07) is -0.802. The highest BCUT2D eigenvalue weighted by Crippen LogP contribution is 2.43. The molecule has 0 radical (unpaired) electrons. The van der Waals surface area contributed by atoms with Gasteiger partial charge < -0.3 is 21.1 Å². The molecule has 0 bridgehead atoms. The van der Waals surface area contributed by atoms with Gasteiger partial charge in [0, 0.05) is 13.0 Å². The highest BCUT2D eigenvalue weighted by Gasteiger charge is 2.27. The van der Waals surface area contributed by atoms with Gasteiger partial charge in [0.15, 0.2) is 0 Å². The van der Waals surface area contributed by atoms with E-state index in [1.807, 2.05) is 0 Å². The first-order chi connectivity index (χ1) is 27.9. The van der Waals surface area contributed by atoms with E-state index < -0.39 is 20.0 Å². The van der Waals surface area contributed by atoms with Crippen molar-refractivity contribution in [3.8, 4) is 0 Å². The summed E-state index contributed by atoms with van der Waals surface area (Å²) in [6.07, 6.45) is 56.3. The van der Waals surface area contributed by atoms with Crippen molar-refractivity contribution in [2.45, 2.75) is 206 Å². The first-order valence-corrected chi connectivity index (χ1v) is 24.5. The molecule has 0 saturated carbocycles. The molecule has 57 heavy (non-hydrogen) atoms. The molecule has 8 nitrogen and oxygen atoms in total. The number of amides is 1. The summed E-state index contributed by atoms with van der Waals surface area (Å²) >= 11 is 0. The Kier molecular flexibility index (Phi) is 41.9. The van der Waals surface area contributed by atoms with Crippen LogP contribution in [0.3, 0.4) is 0 Å². The third-order valence-electron chi connectivity index (χ3n) is 9.82. The van der Waals surface area contributed by atoms with Crippen LogP contribution in [0.5, 0.6) is 0 Å². The van der Waals surface area contributed by atoms with Crippen molar-refractivity contribution in [1.82, 2.24) is 5.32 Å². The molecule has 0 aliphatic rings. The van der Waals surface area contributed by atoms with E-state index in [4.69, 9.17) is 14.8 Å². The van der Waals surface area contributed by atoms with E-state index in [0.29, 0.717) is 19.3 Å². The number of unbranched alkanes of at least 4 members (excludes halogenated alkanes) is 18. The predicted molar refractivity (Wildman–Crippen MR) is 244 cm³/mol. The number of aliphatic hydroxyl groups excluding tert-OH is 1. The standard InChI is InChI=1S/C48H87N2O6P/c1-3-5-7-9-11-13-15-17-19-21-22-23-24-26-28-30-32-34-36-38-40-42-48(52)50-46(45-56-57(53,54)55-44-43-49)47(51)41-39-37-35-33-31-29-27-25-20-18-16-14-12-10-8-6-4-2/h5,7,11,13,17,19,22-23,26,28,32,34,46-47,51H,3-4,6,8-10,12,14-16,18,20-21,24-25,27,29-31,33,35-45,49H2,1-2H3,(H,50,52)(H,53,54)/b7-5-,13-11-,19-17-,23-22-,28-26-,34-32-. The molecule has 9 heteroatoms. The lowest BCUT2D eigenvalue weighted by Crippen LogP contribution is -2.46. The van der Waals surface area contributed by atoms with Crippen LogP contribution in [0.15, 0.2) is 72.9 Å². The number of carbonyl (C=O) groups excluding carboxylic acids is 1. The second-order valence-corrected chi connectivity index (χ2v) is 16.7. The van der Waals surface area contributed by atoms with E-state index in [0.717, 1.165) is 70.6 Å². The Hall–Kier alpha value is -2.06. The molecule has 330 valence electrons. The summed E-state index contributed by atoms with van der Waals surface area (Å²) < 4.78 is 22.2. The van der Waals surface area contributed by atoms with E-state index in [2.05, 4.69) is 92.1 Å². The Bertz CT molecular complexity index is 1120. The van der Waals surface area contributed by atoms with E-state index >= 15 is 0 Å². The van der Waals surface area contributed by atoms with Gasteiger partial charge in [-0.2, -0.15) is 0 Å². The van der Waals surface area contributed by atoms with Crippen LogP contribution in [0.4, 0.5) is 0 Å². The minimum Gasteiger partial charge on any atom is -0.391 e. The maximum atomic E-state index is 12.8. The third kappa shape index (κ3) is 41.9. The topological polar surface area (TPSA) is 131 Å². The summed E-state index contributed by atoms with van der Waals surface area (Å²) in [7, 11) is -4.33. The van der Waals surface area contributed by atoms with Crippen molar-refractivity contribution in [1.29, 1.82) is 0 Å². The number of rotatable bonds is 42. The molecule has 0 aromatic heterocycles. The zero-order chi connectivity index (χ0) is 41.8. The van der Waals surface area contributed by atoms with Crippen molar-refractivity contribution in [2.24, 2.45) is 5.73 Å². The fourth-order valence-corrected chi connectivity index (χ4v) is 7.13. The van der Waals surface area contributed by atoms with Gasteiger partial charge >= 0.3 is 7.82 Å². The van der Waals surface area contributed by atoms with Crippen molar-refractivity contribution in [3.63, 3.8) is 0 Å². The number of phosphoric acid groups is 1. The lowest BCUT2D eigenvalue weighted by Gasteiger charge is -2.25. The molecule has 5 N–H and O–H groups in total. The van der Waals surface area contributed by atoms with E-state index in [9.17, 15) is 19.4 Å². The Morgan fingerprint density at radius 3 is 1.46 bits per heavy atom. The highest BCUT2D eigenvalue weighted by molar-refractivity contribution is 7.47. The Labute approximate surface area is 350 Å². The molecule has 3 unspecified atom stereocenters. The summed E-state index contributed by atoms with van der Waals surface area (Å²) in [5.74, 6) is -0.205. The number of nitrogens with two attached hydrogens (primary N) is 1. The van der Waals surface area contributed by atoms with Crippen LogP contribution < -0.4 is 11.1 Å². The SMILES string of the molecule is CC/C=C\C/C=C\C/C=C\C/C=C\C/C=C\C/C=C\CCCCC(=O)NC(COP(=O)(O)OCCN)C(O)CCCCCCCCCCCCCCCCCCC. The minimum atomic E-state index is -4.33. The molecule has 1 amide bonds. The Morgan fingerprint density at radius 1 is 0.596 bits per heavy atom. The molecule has 0 saturated heterocycles. The summed E-state index contributed by atoms with van der Waals surface area (Å²) in [6.45, 7) is 4.06. The van der Waals surface area contributed by atoms with Gasteiger partial charge in [0.1, 0.15) is 0 Å². The second kappa shape index (κ2) is 43.5. The van der Waals surface area contributed by atoms with Crippen LogP contribution in [0.2, 0.25) is 0 Å². The van der Waals surface area contributed by atoms with Crippen LogP contribution in [-0.4, -0.2) is 47.8 Å². The Morgan fingerprint density at radius 2 is 1.02 bits per heavy atom. The number of aliphatic hydroxyl groups is 1. The summed E-state index contributed by atoms with van der Waals surface area (Å²) in [5.41, 5.74) is 5.38. The van der Waals surface area contributed by atoms with Gasteiger partial charge in [-0.1, -0.05) is 196 Å². The number of carbonyl (C=O) groups is 1. The zero-order valence-corrected chi connectivity index (χ0v) is 37.4. The molecule has 0 aliphatic heterocycles.